The Bertz CT molecular complexity index is 1230. The van der Waals surface area contributed by atoms with Crippen molar-refractivity contribution in [2.75, 3.05) is 6.61 Å². The number of hydrogen-bond donors (Lipinski definition) is 2. The number of non-ortho nitro benzene ring substituents is 1. The van der Waals surface area contributed by atoms with Gasteiger partial charge in [-0.1, -0.05) is 15.9 Å². The standard InChI is InChI=1S/C23H19Br2N3O6/c1-2-33-21-10-15(12-26-27-23(30)18-11-16(24)5-8-20(18)29)9-19(25)22(21)34-13-14-3-6-17(7-4-14)28(31)32/h3-12,29H,2,13H2,1H3,(H,27,30)/b26-12-. The van der Waals surface area contributed by atoms with E-state index in [1.165, 1.54) is 30.5 Å². The molecule has 0 saturated heterocycles. The minimum atomic E-state index is -0.567. The first-order chi connectivity index (χ1) is 16.3. The molecule has 0 heterocycles. The van der Waals surface area contributed by atoms with Crippen LogP contribution in [0.25, 0.3) is 0 Å². The van der Waals surface area contributed by atoms with E-state index in [-0.39, 0.29) is 23.6 Å². The van der Waals surface area contributed by atoms with Crippen LogP contribution in [0, 0.1) is 10.1 Å². The van der Waals surface area contributed by atoms with E-state index < -0.39 is 10.8 Å². The van der Waals surface area contributed by atoms with Gasteiger partial charge in [0, 0.05) is 16.6 Å². The number of benzene rings is 3. The smallest absolute Gasteiger partial charge is 0.275 e. The Labute approximate surface area is 211 Å². The van der Waals surface area contributed by atoms with Gasteiger partial charge < -0.3 is 14.6 Å². The van der Waals surface area contributed by atoms with E-state index in [0.29, 0.717) is 32.6 Å². The van der Waals surface area contributed by atoms with Gasteiger partial charge in [-0.2, -0.15) is 5.10 Å². The number of phenolic OH excluding ortho intramolecular Hbond substituents is 1. The van der Waals surface area contributed by atoms with Crippen LogP contribution in [0.1, 0.15) is 28.4 Å². The highest BCUT2D eigenvalue weighted by Gasteiger charge is 2.14. The SMILES string of the molecule is CCOc1cc(/C=N\NC(=O)c2cc(Br)ccc2O)cc(Br)c1OCc1ccc([N+](=O)[O-])cc1. The van der Waals surface area contributed by atoms with Crippen LogP contribution < -0.4 is 14.9 Å². The monoisotopic (exact) mass is 591 g/mol. The lowest BCUT2D eigenvalue weighted by molar-refractivity contribution is -0.384. The third-order valence-corrected chi connectivity index (χ3v) is 5.53. The number of nitro groups is 1. The highest BCUT2D eigenvalue weighted by molar-refractivity contribution is 9.10. The number of rotatable bonds is 9. The van der Waals surface area contributed by atoms with Crippen molar-refractivity contribution < 1.29 is 24.3 Å². The van der Waals surface area contributed by atoms with Crippen LogP contribution in [0.3, 0.4) is 0 Å². The number of nitrogens with one attached hydrogen (secondary N) is 1. The van der Waals surface area contributed by atoms with Gasteiger partial charge in [0.05, 0.1) is 27.8 Å². The predicted molar refractivity (Wildman–Crippen MR) is 134 cm³/mol. The number of hydrogen-bond acceptors (Lipinski definition) is 7. The van der Waals surface area contributed by atoms with Crippen LogP contribution in [0.2, 0.25) is 0 Å². The lowest BCUT2D eigenvalue weighted by Crippen LogP contribution is -2.17. The summed E-state index contributed by atoms with van der Waals surface area (Å²) in [6.45, 7) is 2.40. The van der Waals surface area contributed by atoms with Crippen LogP contribution in [0.15, 0.2) is 68.6 Å². The number of halogens is 2. The molecule has 34 heavy (non-hydrogen) atoms. The average molecular weight is 593 g/mol. The van der Waals surface area contributed by atoms with Gasteiger partial charge in [0.2, 0.25) is 0 Å². The Morgan fingerprint density at radius 1 is 1.15 bits per heavy atom. The second kappa shape index (κ2) is 11.6. The topological polar surface area (TPSA) is 123 Å². The van der Waals surface area contributed by atoms with Crippen LogP contribution in [-0.4, -0.2) is 28.8 Å². The van der Waals surface area contributed by atoms with Gasteiger partial charge in [0.15, 0.2) is 11.5 Å². The molecule has 3 aromatic carbocycles. The summed E-state index contributed by atoms with van der Waals surface area (Å²) in [5.41, 5.74) is 3.84. The molecule has 0 fully saturated rings. The van der Waals surface area contributed by atoms with E-state index in [1.807, 2.05) is 6.92 Å². The van der Waals surface area contributed by atoms with E-state index in [0.717, 1.165) is 5.56 Å². The summed E-state index contributed by atoms with van der Waals surface area (Å²) in [5.74, 6) is 0.186. The summed E-state index contributed by atoms with van der Waals surface area (Å²) < 4.78 is 12.8. The average Bonchev–Trinajstić information content (AvgIpc) is 2.80. The summed E-state index contributed by atoms with van der Waals surface area (Å²) in [5, 5.41) is 24.6. The molecule has 0 aromatic heterocycles. The van der Waals surface area contributed by atoms with Crippen LogP contribution >= 0.6 is 31.9 Å². The largest absolute Gasteiger partial charge is 0.507 e. The number of carbonyl (C=O) groups excluding carboxylic acids is 1. The molecule has 3 aromatic rings. The summed E-state index contributed by atoms with van der Waals surface area (Å²) >= 11 is 6.72. The van der Waals surface area contributed by atoms with Crippen molar-refractivity contribution in [2.45, 2.75) is 13.5 Å². The Balaban J connectivity index is 1.72. The fourth-order valence-corrected chi connectivity index (χ4v) is 3.79. The van der Waals surface area contributed by atoms with Crippen molar-refractivity contribution in [2.24, 2.45) is 5.10 Å². The van der Waals surface area contributed by atoms with Crippen LogP contribution in [0.5, 0.6) is 17.2 Å². The lowest BCUT2D eigenvalue weighted by atomic mass is 10.2. The van der Waals surface area contributed by atoms with Crippen molar-refractivity contribution in [3.8, 4) is 17.2 Å². The molecule has 11 heteroatoms. The number of aromatic hydroxyl groups is 1. The van der Waals surface area contributed by atoms with Gasteiger partial charge in [-0.05, 0) is 76.4 Å². The Morgan fingerprint density at radius 2 is 1.88 bits per heavy atom. The highest BCUT2D eigenvalue weighted by atomic mass is 79.9. The van der Waals surface area contributed by atoms with E-state index in [2.05, 4.69) is 42.4 Å². The van der Waals surface area contributed by atoms with Crippen molar-refractivity contribution in [3.63, 3.8) is 0 Å². The number of carbonyl (C=O) groups is 1. The van der Waals surface area contributed by atoms with E-state index >= 15 is 0 Å². The van der Waals surface area contributed by atoms with Crippen molar-refractivity contribution in [1.29, 1.82) is 0 Å². The molecule has 0 radical (unpaired) electrons. The molecule has 1 amide bonds. The van der Waals surface area contributed by atoms with Gasteiger partial charge in [-0.15, -0.1) is 0 Å². The number of hydrazone groups is 1. The van der Waals surface area contributed by atoms with E-state index in [1.54, 1.807) is 30.3 Å². The molecule has 9 nitrogen and oxygen atoms in total. The molecular weight excluding hydrogens is 574 g/mol. The summed E-state index contributed by atoms with van der Waals surface area (Å²) in [4.78, 5) is 22.6. The lowest BCUT2D eigenvalue weighted by Gasteiger charge is -2.14. The number of nitro benzene ring substituents is 1. The summed E-state index contributed by atoms with van der Waals surface area (Å²) in [6.07, 6.45) is 1.43. The zero-order chi connectivity index (χ0) is 24.7. The maximum Gasteiger partial charge on any atom is 0.275 e. The Kier molecular flexibility index (Phi) is 8.61. The van der Waals surface area contributed by atoms with Crippen LogP contribution in [-0.2, 0) is 6.61 Å². The number of amides is 1. The predicted octanol–water partition coefficient (Wildman–Crippen LogP) is 5.57. The zero-order valence-corrected chi connectivity index (χ0v) is 21.0. The van der Waals surface area contributed by atoms with Gasteiger partial charge in [0.1, 0.15) is 12.4 Å². The highest BCUT2D eigenvalue weighted by Crippen LogP contribution is 2.37. The molecular formula is C23H19Br2N3O6. The van der Waals surface area contributed by atoms with E-state index in [4.69, 9.17) is 9.47 Å². The second-order valence-electron chi connectivity index (χ2n) is 6.84. The summed E-state index contributed by atoms with van der Waals surface area (Å²) in [6, 6.07) is 14.0. The molecule has 0 aliphatic rings. The second-order valence-corrected chi connectivity index (χ2v) is 8.61. The number of nitrogens with zero attached hydrogens (tertiary/aromatic N) is 2. The first-order valence-corrected chi connectivity index (χ1v) is 11.5. The fraction of sp³-hybridized carbons (Fsp3) is 0.130. The molecule has 2 N–H and O–H groups in total. The molecule has 176 valence electrons. The van der Waals surface area contributed by atoms with Crippen molar-refractivity contribution >= 4 is 49.7 Å². The minimum absolute atomic E-state index is 0.00535. The van der Waals surface area contributed by atoms with Crippen molar-refractivity contribution in [1.82, 2.24) is 5.43 Å². The maximum atomic E-state index is 12.3. The first kappa shape index (κ1) is 25.2. The molecule has 0 unspecified atom stereocenters. The summed E-state index contributed by atoms with van der Waals surface area (Å²) in [7, 11) is 0. The fourth-order valence-electron chi connectivity index (χ4n) is 2.85. The van der Waals surface area contributed by atoms with Crippen LogP contribution in [0.4, 0.5) is 5.69 Å². The maximum absolute atomic E-state index is 12.3. The molecule has 0 saturated carbocycles. The van der Waals surface area contributed by atoms with Gasteiger partial charge in [-0.25, -0.2) is 5.43 Å². The molecule has 0 spiro atoms. The number of ether oxygens (including phenoxy) is 2. The third kappa shape index (κ3) is 6.55. The van der Waals surface area contributed by atoms with E-state index in [9.17, 15) is 20.0 Å². The molecule has 3 rings (SSSR count). The first-order valence-electron chi connectivity index (χ1n) is 9.93. The Morgan fingerprint density at radius 3 is 2.56 bits per heavy atom. The van der Waals surface area contributed by atoms with Gasteiger partial charge >= 0.3 is 0 Å². The minimum Gasteiger partial charge on any atom is -0.507 e. The number of phenols is 1. The molecule has 0 aliphatic carbocycles. The molecule has 0 aliphatic heterocycles. The van der Waals surface area contributed by atoms with Gasteiger partial charge in [-0.3, -0.25) is 14.9 Å². The third-order valence-electron chi connectivity index (χ3n) is 4.44. The van der Waals surface area contributed by atoms with Crippen molar-refractivity contribution in [3.05, 3.63) is 90.3 Å². The molecule has 0 bridgehead atoms. The zero-order valence-electron chi connectivity index (χ0n) is 17.8. The normalized spacial score (nSPS) is 10.8. The van der Waals surface area contributed by atoms with Gasteiger partial charge in [0.25, 0.3) is 11.6 Å². The Hall–Kier alpha value is -3.44. The quantitative estimate of drug-likeness (QED) is 0.190. The molecule has 0 atom stereocenters.